The molecule has 4 rings (SSSR count). The molecule has 4 aromatic rings. The van der Waals surface area contributed by atoms with Crippen LogP contribution in [0.25, 0.3) is 16.8 Å². The fourth-order valence-corrected chi connectivity index (χ4v) is 3.41. The van der Waals surface area contributed by atoms with Crippen molar-refractivity contribution in [2.24, 2.45) is 0 Å². The Morgan fingerprint density at radius 3 is 2.34 bits per heavy atom. The molecule has 0 saturated carbocycles. The van der Waals surface area contributed by atoms with Gasteiger partial charge in [0.25, 0.3) is 0 Å². The van der Waals surface area contributed by atoms with Crippen molar-refractivity contribution in [1.82, 2.24) is 10.6 Å². The number of aromatic nitrogens is 1. The third-order valence-electron chi connectivity index (χ3n) is 5.15. The summed E-state index contributed by atoms with van der Waals surface area (Å²) in [4.78, 5) is 16.4. The second kappa shape index (κ2) is 11.0. The van der Waals surface area contributed by atoms with E-state index >= 15 is 0 Å². The minimum absolute atomic E-state index is 0.109. The Labute approximate surface area is 202 Å². The first kappa shape index (κ1) is 23.6. The Morgan fingerprint density at radius 1 is 1.00 bits per heavy atom. The van der Waals surface area contributed by atoms with Crippen molar-refractivity contribution < 1.29 is 28.7 Å². The van der Waals surface area contributed by atoms with Crippen LogP contribution < -0.4 is 15.0 Å². The first-order chi connectivity index (χ1) is 17.0. The molecule has 0 aliphatic rings. The summed E-state index contributed by atoms with van der Waals surface area (Å²) in [6.45, 7) is 2.04. The van der Waals surface area contributed by atoms with Crippen molar-refractivity contribution in [2.75, 3.05) is 7.11 Å². The van der Waals surface area contributed by atoms with E-state index in [9.17, 15) is 9.90 Å². The molecule has 1 aromatic heterocycles. The van der Waals surface area contributed by atoms with Gasteiger partial charge in [-0.15, -0.1) is 0 Å². The molecule has 0 atom stereocenters. The molecule has 35 heavy (non-hydrogen) atoms. The fraction of sp³-hybridized carbons (Fsp3) is 0.111. The van der Waals surface area contributed by atoms with Gasteiger partial charge in [-0.25, -0.2) is 4.79 Å². The molecule has 0 fully saturated rings. The standard InChI is InChI=1S/C27H24N2O6/c1-18-25(26(27(30)31)29-35-18)21-10-14-23(15-11-21)33-16-19-8-12-22(13-9-19)34-17-24(28-32-2)20-6-4-3-5-7-20/h3-15,17,28H,16H2,1-2H3,(H,30,31). The van der Waals surface area contributed by atoms with Crippen LogP contribution in [0.4, 0.5) is 0 Å². The lowest BCUT2D eigenvalue weighted by Gasteiger charge is -2.10. The van der Waals surface area contributed by atoms with Gasteiger partial charge in [0.05, 0.1) is 12.7 Å². The second-order valence-electron chi connectivity index (χ2n) is 7.55. The molecule has 0 aliphatic heterocycles. The molecule has 0 aliphatic carbocycles. The molecular formula is C27H24N2O6. The van der Waals surface area contributed by atoms with Gasteiger partial charge in [0.15, 0.2) is 5.69 Å². The quantitative estimate of drug-likeness (QED) is 0.232. The number of benzene rings is 3. The number of carbonyl (C=O) groups is 1. The summed E-state index contributed by atoms with van der Waals surface area (Å²) in [5.74, 6) is 0.636. The van der Waals surface area contributed by atoms with Crippen LogP contribution in [0.5, 0.6) is 11.5 Å². The maximum atomic E-state index is 11.4. The highest BCUT2D eigenvalue weighted by Gasteiger charge is 2.20. The Bertz CT molecular complexity index is 1300. The van der Waals surface area contributed by atoms with Crippen LogP contribution in [-0.4, -0.2) is 23.3 Å². The van der Waals surface area contributed by atoms with Crippen molar-refractivity contribution in [3.05, 3.63) is 108 Å². The van der Waals surface area contributed by atoms with E-state index in [1.807, 2.05) is 54.6 Å². The fourth-order valence-electron chi connectivity index (χ4n) is 3.41. The number of rotatable bonds is 10. The topological polar surface area (TPSA) is 103 Å². The van der Waals surface area contributed by atoms with E-state index in [0.717, 1.165) is 11.1 Å². The number of carboxylic acids is 1. The van der Waals surface area contributed by atoms with E-state index in [1.54, 1.807) is 44.6 Å². The van der Waals surface area contributed by atoms with E-state index < -0.39 is 5.97 Å². The molecule has 178 valence electrons. The Kier molecular flexibility index (Phi) is 7.44. The summed E-state index contributed by atoms with van der Waals surface area (Å²) in [6.07, 6.45) is 1.60. The van der Waals surface area contributed by atoms with Crippen LogP contribution >= 0.6 is 0 Å². The zero-order chi connectivity index (χ0) is 24.6. The van der Waals surface area contributed by atoms with Crippen molar-refractivity contribution in [3.8, 4) is 22.6 Å². The van der Waals surface area contributed by atoms with Gasteiger partial charge in [0, 0.05) is 5.56 Å². The molecule has 0 radical (unpaired) electrons. The van der Waals surface area contributed by atoms with Crippen molar-refractivity contribution >= 4 is 11.7 Å². The highest BCUT2D eigenvalue weighted by Crippen LogP contribution is 2.29. The lowest BCUT2D eigenvalue weighted by Crippen LogP contribution is -2.11. The molecule has 2 N–H and O–H groups in total. The molecule has 8 heteroatoms. The number of nitrogens with one attached hydrogen (secondary N) is 1. The van der Waals surface area contributed by atoms with Crippen LogP contribution in [0.15, 0.2) is 89.6 Å². The van der Waals surface area contributed by atoms with Gasteiger partial charge in [-0.3, -0.25) is 10.3 Å². The van der Waals surface area contributed by atoms with Crippen LogP contribution in [-0.2, 0) is 11.4 Å². The summed E-state index contributed by atoms with van der Waals surface area (Å²) in [6, 6.07) is 24.4. The summed E-state index contributed by atoms with van der Waals surface area (Å²) >= 11 is 0. The first-order valence-corrected chi connectivity index (χ1v) is 10.8. The van der Waals surface area contributed by atoms with Gasteiger partial charge < -0.3 is 19.1 Å². The van der Waals surface area contributed by atoms with E-state index in [1.165, 1.54) is 0 Å². The van der Waals surface area contributed by atoms with Gasteiger partial charge in [0.2, 0.25) is 0 Å². The van der Waals surface area contributed by atoms with Crippen LogP contribution in [0, 0.1) is 6.92 Å². The number of hydrogen-bond donors (Lipinski definition) is 2. The molecule has 0 bridgehead atoms. The van der Waals surface area contributed by atoms with Gasteiger partial charge in [-0.2, -0.15) is 0 Å². The predicted molar refractivity (Wildman–Crippen MR) is 130 cm³/mol. The monoisotopic (exact) mass is 472 g/mol. The molecule has 0 unspecified atom stereocenters. The van der Waals surface area contributed by atoms with Crippen LogP contribution in [0.1, 0.15) is 27.4 Å². The number of hydrogen-bond acceptors (Lipinski definition) is 7. The number of carboxylic acid groups (broad SMARTS) is 1. The first-order valence-electron chi connectivity index (χ1n) is 10.8. The largest absolute Gasteiger partial charge is 0.489 e. The molecule has 0 saturated heterocycles. The molecule has 0 amide bonds. The van der Waals surface area contributed by atoms with E-state index in [0.29, 0.717) is 40.7 Å². The van der Waals surface area contributed by atoms with E-state index in [2.05, 4.69) is 10.6 Å². The van der Waals surface area contributed by atoms with Gasteiger partial charge >= 0.3 is 5.97 Å². The predicted octanol–water partition coefficient (Wildman–Crippen LogP) is 5.46. The average molecular weight is 472 g/mol. The average Bonchev–Trinajstić information content (AvgIpc) is 3.28. The number of aryl methyl sites for hydroxylation is 1. The SMILES string of the molecule is CONC(=COc1ccc(COc2ccc(-c3c(C(=O)O)noc3C)cc2)cc1)c1ccccc1. The molecule has 0 spiro atoms. The van der Waals surface area contributed by atoms with Gasteiger partial charge in [-0.1, -0.05) is 59.8 Å². The third-order valence-corrected chi connectivity index (χ3v) is 5.15. The number of hydroxylamine groups is 1. The molecule has 1 heterocycles. The van der Waals surface area contributed by atoms with E-state index in [4.69, 9.17) is 18.8 Å². The Morgan fingerprint density at radius 2 is 1.69 bits per heavy atom. The number of nitrogens with zero attached hydrogens (tertiary/aromatic N) is 1. The minimum Gasteiger partial charge on any atom is -0.489 e. The highest BCUT2D eigenvalue weighted by atomic mass is 16.6. The molecule has 8 nitrogen and oxygen atoms in total. The molecule has 3 aromatic carbocycles. The Balaban J connectivity index is 1.36. The summed E-state index contributed by atoms with van der Waals surface area (Å²) in [5, 5.41) is 12.9. The highest BCUT2D eigenvalue weighted by molar-refractivity contribution is 5.94. The second-order valence-corrected chi connectivity index (χ2v) is 7.55. The Hall–Kier alpha value is -4.56. The number of aromatic carboxylic acids is 1. The van der Waals surface area contributed by atoms with Crippen molar-refractivity contribution in [3.63, 3.8) is 0 Å². The third kappa shape index (κ3) is 5.87. The maximum absolute atomic E-state index is 11.4. The van der Waals surface area contributed by atoms with Gasteiger partial charge in [0.1, 0.15) is 35.8 Å². The molecular weight excluding hydrogens is 448 g/mol. The zero-order valence-electron chi connectivity index (χ0n) is 19.2. The van der Waals surface area contributed by atoms with Crippen molar-refractivity contribution in [1.29, 1.82) is 0 Å². The van der Waals surface area contributed by atoms with Gasteiger partial charge in [-0.05, 0) is 42.3 Å². The zero-order valence-corrected chi connectivity index (χ0v) is 19.2. The van der Waals surface area contributed by atoms with E-state index in [-0.39, 0.29) is 5.69 Å². The minimum atomic E-state index is -1.13. The normalized spacial score (nSPS) is 11.2. The summed E-state index contributed by atoms with van der Waals surface area (Å²) in [7, 11) is 1.54. The summed E-state index contributed by atoms with van der Waals surface area (Å²) < 4.78 is 16.7. The maximum Gasteiger partial charge on any atom is 0.358 e. The summed E-state index contributed by atoms with van der Waals surface area (Å²) in [5.41, 5.74) is 6.46. The number of ether oxygens (including phenoxy) is 2. The van der Waals surface area contributed by atoms with Crippen molar-refractivity contribution in [2.45, 2.75) is 13.5 Å². The smallest absolute Gasteiger partial charge is 0.358 e. The lowest BCUT2D eigenvalue weighted by atomic mass is 10.0. The lowest BCUT2D eigenvalue weighted by molar-refractivity contribution is 0.0686. The van der Waals surface area contributed by atoms with Crippen LogP contribution in [0.2, 0.25) is 0 Å². The van der Waals surface area contributed by atoms with Crippen LogP contribution in [0.3, 0.4) is 0 Å².